The summed E-state index contributed by atoms with van der Waals surface area (Å²) in [6.45, 7) is 17.1. The lowest BCUT2D eigenvalue weighted by molar-refractivity contribution is 0.120. The number of rotatable bonds is 8. The molecule has 0 bridgehead atoms. The summed E-state index contributed by atoms with van der Waals surface area (Å²) in [7, 11) is -3.72. The molecule has 2 aromatic carbocycles. The molecule has 3 nitrogen and oxygen atoms in total. The van der Waals surface area contributed by atoms with Gasteiger partial charge in [-0.2, -0.15) is 5.26 Å². The number of aryl methyl sites for hydroxylation is 1. The van der Waals surface area contributed by atoms with E-state index in [1.165, 1.54) is 0 Å². The first kappa shape index (κ1) is 24.5. The van der Waals surface area contributed by atoms with Gasteiger partial charge >= 0.3 is 0 Å². The molecule has 0 aliphatic heterocycles. The van der Waals surface area contributed by atoms with Crippen molar-refractivity contribution in [3.63, 3.8) is 0 Å². The van der Waals surface area contributed by atoms with Crippen molar-refractivity contribution in [2.24, 2.45) is 0 Å². The van der Waals surface area contributed by atoms with E-state index in [9.17, 15) is 9.47 Å². The van der Waals surface area contributed by atoms with Crippen molar-refractivity contribution < 1.29 is 8.63 Å². The fourth-order valence-electron chi connectivity index (χ4n) is 4.66. The van der Waals surface area contributed by atoms with Gasteiger partial charge in [-0.25, -0.2) is 4.21 Å². The minimum absolute atomic E-state index is 0.347. The summed E-state index contributed by atoms with van der Waals surface area (Å²) in [6, 6.07) is 17.7. The first-order valence-electron chi connectivity index (χ1n) is 10.7. The Morgan fingerprint density at radius 3 is 1.90 bits per heavy atom. The molecule has 0 saturated heterocycles. The Hall–Kier alpha value is -1.74. The summed E-state index contributed by atoms with van der Waals surface area (Å²) >= 11 is 0. The quantitative estimate of drug-likeness (QED) is 0.411. The highest BCUT2D eigenvalue weighted by Gasteiger charge is 2.50. The molecule has 0 heterocycles. The van der Waals surface area contributed by atoms with Gasteiger partial charge in [0.05, 0.1) is 15.7 Å². The second-order valence-corrected chi connectivity index (χ2v) is 16.0. The SMILES string of the molecule is Cc1ccc([S@](=O)c2ccccc2[C@@](C)(C#N)O[Si](C(C)C)(C(C)C)C(C)C)cc1. The Balaban J connectivity index is 2.62. The maximum Gasteiger partial charge on any atom is 0.202 e. The van der Waals surface area contributed by atoms with Gasteiger partial charge in [-0.3, -0.25) is 0 Å². The third-order valence-electron chi connectivity index (χ3n) is 6.14. The van der Waals surface area contributed by atoms with Gasteiger partial charge in [-0.05, 0) is 48.7 Å². The third kappa shape index (κ3) is 4.61. The number of nitriles is 1. The number of hydrogen-bond donors (Lipinski definition) is 0. The molecular formula is C25H35NO2SSi. The fraction of sp³-hybridized carbons (Fsp3) is 0.480. The lowest BCUT2D eigenvalue weighted by Gasteiger charge is -2.46. The summed E-state index contributed by atoms with van der Waals surface area (Å²) in [6.07, 6.45) is 0. The molecule has 0 unspecified atom stereocenters. The molecule has 30 heavy (non-hydrogen) atoms. The maximum absolute atomic E-state index is 13.5. The zero-order valence-corrected chi connectivity index (χ0v) is 21.3. The van der Waals surface area contributed by atoms with Crippen molar-refractivity contribution in [3.8, 4) is 6.07 Å². The fourth-order valence-corrected chi connectivity index (χ4v) is 11.5. The van der Waals surface area contributed by atoms with Crippen LogP contribution < -0.4 is 0 Å². The lowest BCUT2D eigenvalue weighted by atomic mass is 9.98. The Morgan fingerprint density at radius 1 is 0.933 bits per heavy atom. The molecule has 0 aliphatic carbocycles. The van der Waals surface area contributed by atoms with Gasteiger partial charge in [0.25, 0.3) is 0 Å². The average molecular weight is 442 g/mol. The summed E-state index contributed by atoms with van der Waals surface area (Å²) in [5, 5.41) is 10.3. The van der Waals surface area contributed by atoms with Gasteiger partial charge in [-0.15, -0.1) is 0 Å². The zero-order valence-electron chi connectivity index (χ0n) is 19.5. The molecule has 2 aromatic rings. The standard InChI is InChI=1S/C25H35NO2SSi/c1-18(2)30(19(3)4,20(5)6)28-25(8,17-26)23-11-9-10-12-24(23)29(27)22-15-13-21(7)14-16-22/h9-16,18-20H,1-8H3/t25-,29+/m1/s1. The largest absolute Gasteiger partial charge is 0.395 e. The van der Waals surface area contributed by atoms with Crippen LogP contribution in [0.4, 0.5) is 0 Å². The molecule has 2 atom stereocenters. The van der Waals surface area contributed by atoms with E-state index in [-0.39, 0.29) is 0 Å². The van der Waals surface area contributed by atoms with Crippen LogP contribution in [0.5, 0.6) is 0 Å². The molecular weight excluding hydrogens is 406 g/mol. The first-order valence-corrected chi connectivity index (χ1v) is 14.0. The van der Waals surface area contributed by atoms with Crippen LogP contribution in [-0.2, 0) is 20.8 Å². The second kappa shape index (κ2) is 9.59. The number of nitrogens with zero attached hydrogens (tertiary/aromatic N) is 1. The molecule has 0 fully saturated rings. The van der Waals surface area contributed by atoms with E-state index < -0.39 is 24.7 Å². The Morgan fingerprint density at radius 2 is 1.43 bits per heavy atom. The summed E-state index contributed by atoms with van der Waals surface area (Å²) < 4.78 is 20.4. The van der Waals surface area contributed by atoms with Crippen molar-refractivity contribution in [2.45, 2.75) is 87.4 Å². The van der Waals surface area contributed by atoms with Gasteiger partial charge < -0.3 is 4.43 Å². The Labute approximate surface area is 186 Å². The molecule has 0 radical (unpaired) electrons. The van der Waals surface area contributed by atoms with Crippen LogP contribution in [0, 0.1) is 18.3 Å². The maximum atomic E-state index is 13.5. The first-order chi connectivity index (χ1) is 14.0. The molecule has 0 amide bonds. The van der Waals surface area contributed by atoms with Crippen LogP contribution in [-0.4, -0.2) is 12.5 Å². The Kier molecular flexibility index (Phi) is 7.84. The van der Waals surface area contributed by atoms with Crippen molar-refractivity contribution >= 4 is 19.1 Å². The van der Waals surface area contributed by atoms with Gasteiger partial charge in [0.2, 0.25) is 8.32 Å². The average Bonchev–Trinajstić information content (AvgIpc) is 2.71. The van der Waals surface area contributed by atoms with E-state index in [0.717, 1.165) is 10.5 Å². The van der Waals surface area contributed by atoms with Crippen LogP contribution in [0.3, 0.4) is 0 Å². The molecule has 162 valence electrons. The van der Waals surface area contributed by atoms with Crippen LogP contribution in [0.2, 0.25) is 16.6 Å². The lowest BCUT2D eigenvalue weighted by Crippen LogP contribution is -2.52. The van der Waals surface area contributed by atoms with Crippen molar-refractivity contribution in [2.75, 3.05) is 0 Å². The predicted molar refractivity (Wildman–Crippen MR) is 127 cm³/mol. The summed E-state index contributed by atoms with van der Waals surface area (Å²) in [5.74, 6) is 0. The highest BCUT2D eigenvalue weighted by Crippen LogP contribution is 2.47. The van der Waals surface area contributed by atoms with Crippen LogP contribution in [0.15, 0.2) is 58.3 Å². The minimum Gasteiger partial charge on any atom is -0.395 e. The van der Waals surface area contributed by atoms with Gasteiger partial charge in [0.1, 0.15) is 6.07 Å². The van der Waals surface area contributed by atoms with Crippen LogP contribution >= 0.6 is 0 Å². The minimum atomic E-state index is -2.33. The zero-order chi connectivity index (χ0) is 22.7. The predicted octanol–water partition coefficient (Wildman–Crippen LogP) is 7.09. The smallest absolute Gasteiger partial charge is 0.202 e. The summed E-state index contributed by atoms with van der Waals surface area (Å²) in [4.78, 5) is 1.37. The number of hydrogen-bond acceptors (Lipinski definition) is 3. The van der Waals surface area contributed by atoms with Gasteiger partial charge in [-0.1, -0.05) is 77.4 Å². The molecule has 5 heteroatoms. The Bertz CT molecular complexity index is 909. The van der Waals surface area contributed by atoms with Crippen molar-refractivity contribution in [3.05, 3.63) is 59.7 Å². The van der Waals surface area contributed by atoms with Crippen molar-refractivity contribution in [1.82, 2.24) is 0 Å². The van der Waals surface area contributed by atoms with E-state index in [2.05, 4.69) is 47.6 Å². The molecule has 0 saturated carbocycles. The highest BCUT2D eigenvalue weighted by molar-refractivity contribution is 7.85. The van der Waals surface area contributed by atoms with E-state index in [1.54, 1.807) is 0 Å². The topological polar surface area (TPSA) is 50.1 Å². The monoisotopic (exact) mass is 441 g/mol. The van der Waals surface area contributed by atoms with Crippen LogP contribution in [0.1, 0.15) is 59.6 Å². The van der Waals surface area contributed by atoms with Crippen LogP contribution in [0.25, 0.3) is 0 Å². The normalized spacial score (nSPS) is 15.3. The van der Waals surface area contributed by atoms with E-state index in [1.807, 2.05) is 62.4 Å². The third-order valence-corrected chi connectivity index (χ3v) is 13.8. The molecule has 0 aliphatic rings. The number of benzene rings is 2. The van der Waals surface area contributed by atoms with E-state index in [4.69, 9.17) is 4.43 Å². The van der Waals surface area contributed by atoms with E-state index in [0.29, 0.717) is 27.1 Å². The molecule has 0 N–H and O–H groups in total. The van der Waals surface area contributed by atoms with Gasteiger partial charge in [0, 0.05) is 10.5 Å². The molecule has 2 rings (SSSR count). The van der Waals surface area contributed by atoms with Gasteiger partial charge in [0.15, 0.2) is 5.60 Å². The second-order valence-electron chi connectivity index (χ2n) is 9.14. The van der Waals surface area contributed by atoms with E-state index >= 15 is 0 Å². The highest BCUT2D eigenvalue weighted by atomic mass is 32.2. The van der Waals surface area contributed by atoms with Crippen molar-refractivity contribution in [1.29, 1.82) is 5.26 Å². The molecule has 0 spiro atoms. The molecule has 0 aromatic heterocycles. The summed E-state index contributed by atoms with van der Waals surface area (Å²) in [5.41, 5.74) is 1.70.